The highest BCUT2D eigenvalue weighted by Gasteiger charge is 2.24. The van der Waals surface area contributed by atoms with Crippen molar-refractivity contribution in [3.05, 3.63) is 84.3 Å². The molecule has 1 aliphatic rings. The van der Waals surface area contributed by atoms with Gasteiger partial charge in [0.05, 0.1) is 6.26 Å². The third-order valence-corrected chi connectivity index (χ3v) is 5.84. The molecule has 0 unspecified atom stereocenters. The van der Waals surface area contributed by atoms with E-state index < -0.39 is 0 Å². The van der Waals surface area contributed by atoms with Gasteiger partial charge in [-0.3, -0.25) is 9.59 Å². The van der Waals surface area contributed by atoms with Crippen LogP contribution in [-0.2, 0) is 11.2 Å². The van der Waals surface area contributed by atoms with E-state index in [2.05, 4.69) is 17.4 Å². The zero-order valence-electron chi connectivity index (χ0n) is 17.6. The predicted octanol–water partition coefficient (Wildman–Crippen LogP) is 4.55. The molecule has 1 aliphatic heterocycles. The highest BCUT2D eigenvalue weighted by atomic mass is 16.3. The third kappa shape index (κ3) is 5.63. The molecule has 5 heteroatoms. The van der Waals surface area contributed by atoms with Crippen molar-refractivity contribution in [2.24, 2.45) is 5.92 Å². The van der Waals surface area contributed by atoms with Crippen LogP contribution in [0.15, 0.2) is 77.4 Å². The first-order chi connectivity index (χ1) is 15.2. The number of piperidine rings is 1. The number of amides is 2. The van der Waals surface area contributed by atoms with E-state index in [-0.39, 0.29) is 17.7 Å². The molecule has 0 aliphatic carbocycles. The van der Waals surface area contributed by atoms with Crippen molar-refractivity contribution in [2.45, 2.75) is 25.7 Å². The molecule has 0 saturated carbocycles. The van der Waals surface area contributed by atoms with E-state index in [1.807, 2.05) is 59.5 Å². The number of furan rings is 1. The van der Waals surface area contributed by atoms with E-state index in [9.17, 15) is 9.59 Å². The summed E-state index contributed by atoms with van der Waals surface area (Å²) in [5.41, 5.74) is 2.88. The van der Waals surface area contributed by atoms with Crippen LogP contribution >= 0.6 is 0 Å². The van der Waals surface area contributed by atoms with Crippen LogP contribution in [0.2, 0.25) is 0 Å². The number of hydrogen-bond acceptors (Lipinski definition) is 3. The molecule has 1 aromatic heterocycles. The van der Waals surface area contributed by atoms with E-state index in [0.29, 0.717) is 31.5 Å². The Balaban J connectivity index is 1.25. The molecule has 3 aromatic rings. The molecular formula is C26H28N2O3. The molecule has 1 saturated heterocycles. The van der Waals surface area contributed by atoms with Crippen LogP contribution in [-0.4, -0.2) is 36.3 Å². The molecule has 4 rings (SSSR count). The van der Waals surface area contributed by atoms with Crippen molar-refractivity contribution in [1.29, 1.82) is 0 Å². The second kappa shape index (κ2) is 10.1. The topological polar surface area (TPSA) is 62.6 Å². The number of likely N-dealkylation sites (tertiary alicyclic amines) is 1. The maximum absolute atomic E-state index is 12.6. The second-order valence-corrected chi connectivity index (χ2v) is 8.08. The van der Waals surface area contributed by atoms with Crippen molar-refractivity contribution in [3.63, 3.8) is 0 Å². The summed E-state index contributed by atoms with van der Waals surface area (Å²) in [7, 11) is 0. The zero-order chi connectivity index (χ0) is 21.5. The summed E-state index contributed by atoms with van der Waals surface area (Å²) in [6.07, 6.45) is 4.71. The summed E-state index contributed by atoms with van der Waals surface area (Å²) >= 11 is 0. The van der Waals surface area contributed by atoms with Gasteiger partial charge in [0.15, 0.2) is 0 Å². The van der Waals surface area contributed by atoms with Crippen LogP contribution in [0.5, 0.6) is 0 Å². The van der Waals surface area contributed by atoms with Gasteiger partial charge in [0, 0.05) is 38.0 Å². The molecule has 0 bridgehead atoms. The maximum Gasteiger partial charge on any atom is 0.251 e. The van der Waals surface area contributed by atoms with Gasteiger partial charge in [0.2, 0.25) is 5.91 Å². The van der Waals surface area contributed by atoms with Crippen molar-refractivity contribution in [1.82, 2.24) is 10.2 Å². The van der Waals surface area contributed by atoms with E-state index in [1.165, 1.54) is 0 Å². The standard InChI is InChI=1S/C26H28N2O3/c29-25(15-14-24-9-5-17-31-24)28-16-4-6-20(19-28)18-27-26(30)23-12-10-22(11-13-23)21-7-2-1-3-8-21/h1-3,5,7-13,17,20H,4,6,14-16,18-19H2,(H,27,30)/t20-/m0/s1. The fourth-order valence-corrected chi connectivity index (χ4v) is 4.09. The monoisotopic (exact) mass is 416 g/mol. The molecule has 2 aromatic carbocycles. The van der Waals surface area contributed by atoms with Crippen LogP contribution < -0.4 is 5.32 Å². The van der Waals surface area contributed by atoms with Gasteiger partial charge in [-0.15, -0.1) is 0 Å². The van der Waals surface area contributed by atoms with E-state index in [4.69, 9.17) is 4.42 Å². The van der Waals surface area contributed by atoms with Crippen LogP contribution in [0.3, 0.4) is 0 Å². The van der Waals surface area contributed by atoms with Crippen LogP contribution in [0.1, 0.15) is 35.4 Å². The van der Waals surface area contributed by atoms with Crippen molar-refractivity contribution in [3.8, 4) is 11.1 Å². The summed E-state index contributed by atoms with van der Waals surface area (Å²) in [4.78, 5) is 27.1. The van der Waals surface area contributed by atoms with Gasteiger partial charge < -0.3 is 14.6 Å². The summed E-state index contributed by atoms with van der Waals surface area (Å²) in [5, 5.41) is 3.05. The van der Waals surface area contributed by atoms with Crippen molar-refractivity contribution < 1.29 is 14.0 Å². The molecule has 2 heterocycles. The maximum atomic E-state index is 12.6. The van der Waals surface area contributed by atoms with Gasteiger partial charge in [-0.2, -0.15) is 0 Å². The van der Waals surface area contributed by atoms with Crippen molar-refractivity contribution >= 4 is 11.8 Å². The summed E-state index contributed by atoms with van der Waals surface area (Å²) in [6, 6.07) is 21.5. The SMILES string of the molecule is O=C(NC[C@@H]1CCCN(C(=O)CCc2ccco2)C1)c1ccc(-c2ccccc2)cc1. The third-order valence-electron chi connectivity index (χ3n) is 5.84. The van der Waals surface area contributed by atoms with E-state index in [0.717, 1.165) is 36.3 Å². The fourth-order valence-electron chi connectivity index (χ4n) is 4.09. The largest absolute Gasteiger partial charge is 0.469 e. The van der Waals surface area contributed by atoms with Gasteiger partial charge in [-0.25, -0.2) is 0 Å². The minimum Gasteiger partial charge on any atom is -0.469 e. The fraction of sp³-hybridized carbons (Fsp3) is 0.308. The first-order valence-corrected chi connectivity index (χ1v) is 10.9. The number of benzene rings is 2. The van der Waals surface area contributed by atoms with Crippen molar-refractivity contribution in [2.75, 3.05) is 19.6 Å². The molecule has 1 fully saturated rings. The zero-order valence-corrected chi connectivity index (χ0v) is 17.6. The van der Waals surface area contributed by atoms with Crippen LogP contribution in [0.25, 0.3) is 11.1 Å². The quantitative estimate of drug-likeness (QED) is 0.615. The number of hydrogen-bond donors (Lipinski definition) is 1. The summed E-state index contributed by atoms with van der Waals surface area (Å²) in [5.74, 6) is 1.21. The first-order valence-electron chi connectivity index (χ1n) is 10.9. The Kier molecular flexibility index (Phi) is 6.82. The molecular weight excluding hydrogens is 388 g/mol. The van der Waals surface area contributed by atoms with Gasteiger partial charge in [0.25, 0.3) is 5.91 Å². The smallest absolute Gasteiger partial charge is 0.251 e. The minimum absolute atomic E-state index is 0.0686. The lowest BCUT2D eigenvalue weighted by Crippen LogP contribution is -2.43. The van der Waals surface area contributed by atoms with Gasteiger partial charge in [-0.1, -0.05) is 42.5 Å². The lowest BCUT2D eigenvalue weighted by atomic mass is 9.97. The molecule has 0 radical (unpaired) electrons. The highest BCUT2D eigenvalue weighted by molar-refractivity contribution is 5.94. The molecule has 2 amide bonds. The average molecular weight is 417 g/mol. The Hall–Kier alpha value is -3.34. The Morgan fingerprint density at radius 1 is 0.968 bits per heavy atom. The highest BCUT2D eigenvalue weighted by Crippen LogP contribution is 2.20. The molecule has 0 spiro atoms. The number of nitrogens with one attached hydrogen (secondary N) is 1. The Bertz CT molecular complexity index is 981. The number of nitrogens with zero attached hydrogens (tertiary/aromatic N) is 1. The van der Waals surface area contributed by atoms with Gasteiger partial charge in [-0.05, 0) is 54.2 Å². The van der Waals surface area contributed by atoms with Crippen LogP contribution in [0, 0.1) is 5.92 Å². The molecule has 31 heavy (non-hydrogen) atoms. The predicted molar refractivity (Wildman–Crippen MR) is 121 cm³/mol. The van der Waals surface area contributed by atoms with Gasteiger partial charge >= 0.3 is 0 Å². The Morgan fingerprint density at radius 2 is 1.74 bits per heavy atom. The van der Waals surface area contributed by atoms with E-state index >= 15 is 0 Å². The molecule has 1 atom stereocenters. The lowest BCUT2D eigenvalue weighted by Gasteiger charge is -2.33. The Morgan fingerprint density at radius 3 is 2.48 bits per heavy atom. The Labute approximate surface area is 183 Å². The van der Waals surface area contributed by atoms with E-state index in [1.54, 1.807) is 6.26 Å². The molecule has 160 valence electrons. The summed E-state index contributed by atoms with van der Waals surface area (Å²) < 4.78 is 5.31. The first kappa shape index (κ1) is 20.9. The molecule has 5 nitrogen and oxygen atoms in total. The normalized spacial score (nSPS) is 16.1. The molecule has 1 N–H and O–H groups in total. The number of carbonyl (C=O) groups excluding carboxylic acids is 2. The number of rotatable bonds is 7. The van der Waals surface area contributed by atoms with Crippen LogP contribution in [0.4, 0.5) is 0 Å². The number of carbonyl (C=O) groups is 2. The second-order valence-electron chi connectivity index (χ2n) is 8.08. The lowest BCUT2D eigenvalue weighted by molar-refractivity contribution is -0.133. The average Bonchev–Trinajstić information content (AvgIpc) is 3.35. The van der Waals surface area contributed by atoms with Gasteiger partial charge in [0.1, 0.15) is 5.76 Å². The minimum atomic E-state index is -0.0686. The number of aryl methyl sites for hydroxylation is 1. The summed E-state index contributed by atoms with van der Waals surface area (Å²) in [6.45, 7) is 2.08.